The molecule has 2 heterocycles. The van der Waals surface area contributed by atoms with E-state index in [0.29, 0.717) is 28.0 Å². The summed E-state index contributed by atoms with van der Waals surface area (Å²) in [4.78, 5) is 31.5. The average Bonchev–Trinajstić information content (AvgIpc) is 3.15. The number of anilines is 1. The van der Waals surface area contributed by atoms with Crippen LogP contribution < -0.4 is 10.6 Å². The molecule has 6 rings (SSSR count). The Morgan fingerprint density at radius 2 is 1.94 bits per heavy atom. The number of halogens is 1. The lowest BCUT2D eigenvalue weighted by atomic mass is 9.95. The number of hydrogen-bond acceptors (Lipinski definition) is 4. The summed E-state index contributed by atoms with van der Waals surface area (Å²) in [6.07, 6.45) is 8.12. The predicted octanol–water partition coefficient (Wildman–Crippen LogP) is 5.00. The van der Waals surface area contributed by atoms with Crippen molar-refractivity contribution in [1.82, 2.24) is 10.3 Å². The fourth-order valence-electron chi connectivity index (χ4n) is 5.38. The van der Waals surface area contributed by atoms with Crippen LogP contribution in [0.1, 0.15) is 61.0 Å². The number of rotatable bonds is 4. The van der Waals surface area contributed by atoms with E-state index in [-0.39, 0.29) is 17.9 Å². The zero-order valence-corrected chi connectivity index (χ0v) is 18.9. The number of hydrogen-bond donors (Lipinski definition) is 2. The summed E-state index contributed by atoms with van der Waals surface area (Å²) < 4.78 is 0. The number of aryl methyl sites for hydroxylation is 1. The second kappa shape index (κ2) is 7.71. The Hall–Kier alpha value is -2.70. The second-order valence-corrected chi connectivity index (χ2v) is 10.3. The number of aromatic nitrogens is 1. The monoisotopic (exact) mass is 463 g/mol. The highest BCUT2D eigenvalue weighted by atomic mass is 35.5. The Morgan fingerprint density at radius 1 is 1.06 bits per heavy atom. The maximum Gasteiger partial charge on any atom is 0.257 e. The first-order valence-corrected chi connectivity index (χ1v) is 12.3. The van der Waals surface area contributed by atoms with E-state index < -0.39 is 0 Å². The molecule has 3 aromatic rings. The number of carbonyl (C=O) groups excluding carboxylic acids is 2. The minimum Gasteiger partial charge on any atom is -0.348 e. The lowest BCUT2D eigenvalue weighted by Crippen LogP contribution is -2.30. The van der Waals surface area contributed by atoms with Crippen molar-refractivity contribution in [2.24, 2.45) is 5.92 Å². The van der Waals surface area contributed by atoms with Crippen LogP contribution in [0.15, 0.2) is 42.7 Å². The number of carbonyl (C=O) groups is 2. The van der Waals surface area contributed by atoms with Gasteiger partial charge in [0.25, 0.3) is 11.8 Å². The first-order chi connectivity index (χ1) is 15.6. The van der Waals surface area contributed by atoms with Crippen LogP contribution in [0.4, 0.5) is 5.00 Å². The molecule has 0 radical (unpaired) electrons. The molecule has 32 heavy (non-hydrogen) atoms. The van der Waals surface area contributed by atoms with Gasteiger partial charge in [-0.3, -0.25) is 14.6 Å². The van der Waals surface area contributed by atoms with E-state index in [2.05, 4.69) is 21.7 Å². The lowest BCUT2D eigenvalue weighted by molar-refractivity contribution is 0.0948. The maximum atomic E-state index is 13.5. The van der Waals surface area contributed by atoms with Gasteiger partial charge in [0, 0.05) is 34.3 Å². The molecule has 2 aromatic heterocycles. The molecule has 7 heteroatoms. The number of benzene rings is 1. The van der Waals surface area contributed by atoms with E-state index >= 15 is 0 Å². The quantitative estimate of drug-likeness (QED) is 0.572. The van der Waals surface area contributed by atoms with Crippen LogP contribution >= 0.6 is 22.9 Å². The number of amides is 2. The molecule has 1 fully saturated rings. The van der Waals surface area contributed by atoms with Crippen molar-refractivity contribution < 1.29 is 9.59 Å². The Morgan fingerprint density at radius 3 is 2.78 bits per heavy atom. The van der Waals surface area contributed by atoms with Crippen LogP contribution in [0.25, 0.3) is 0 Å². The minimum absolute atomic E-state index is 0.0751. The summed E-state index contributed by atoms with van der Waals surface area (Å²) in [6, 6.07) is 9.65. The van der Waals surface area contributed by atoms with Crippen molar-refractivity contribution >= 4 is 39.8 Å². The van der Waals surface area contributed by atoms with E-state index in [9.17, 15) is 9.59 Å². The van der Waals surface area contributed by atoms with Gasteiger partial charge in [-0.1, -0.05) is 23.7 Å². The van der Waals surface area contributed by atoms with Gasteiger partial charge >= 0.3 is 0 Å². The van der Waals surface area contributed by atoms with E-state index in [1.165, 1.54) is 22.2 Å². The van der Waals surface area contributed by atoms with Crippen LogP contribution in [0.5, 0.6) is 0 Å². The molecule has 3 aliphatic carbocycles. The van der Waals surface area contributed by atoms with Crippen molar-refractivity contribution in [3.05, 3.63) is 80.4 Å². The molecule has 3 atom stereocenters. The summed E-state index contributed by atoms with van der Waals surface area (Å²) in [5, 5.41) is 7.75. The number of pyridine rings is 1. The zero-order valence-electron chi connectivity index (χ0n) is 17.4. The number of nitrogens with one attached hydrogen (secondary N) is 2. The molecule has 1 saturated carbocycles. The number of fused-ring (bicyclic) bond motifs is 4. The molecule has 2 amide bonds. The molecule has 3 unspecified atom stereocenters. The summed E-state index contributed by atoms with van der Waals surface area (Å²) in [5.41, 5.74) is 4.74. The number of nitrogens with zero attached hydrogens (tertiary/aromatic N) is 1. The first-order valence-electron chi connectivity index (χ1n) is 11.1. The summed E-state index contributed by atoms with van der Waals surface area (Å²) >= 11 is 7.90. The molecule has 5 nitrogen and oxygen atoms in total. The van der Waals surface area contributed by atoms with Gasteiger partial charge in [0.05, 0.1) is 11.1 Å². The molecule has 162 valence electrons. The third-order valence-corrected chi connectivity index (χ3v) is 8.53. The largest absolute Gasteiger partial charge is 0.348 e. The van der Waals surface area contributed by atoms with Crippen molar-refractivity contribution in [2.45, 2.75) is 44.1 Å². The molecule has 3 aliphatic rings. The van der Waals surface area contributed by atoms with E-state index in [0.717, 1.165) is 42.7 Å². The lowest BCUT2D eigenvalue weighted by Gasteiger charge is -2.15. The summed E-state index contributed by atoms with van der Waals surface area (Å²) in [6.45, 7) is 0. The van der Waals surface area contributed by atoms with E-state index in [4.69, 9.17) is 11.6 Å². The van der Waals surface area contributed by atoms with Crippen molar-refractivity contribution in [2.75, 3.05) is 5.32 Å². The highest BCUT2D eigenvalue weighted by Crippen LogP contribution is 2.57. The van der Waals surface area contributed by atoms with Crippen molar-refractivity contribution in [3.63, 3.8) is 0 Å². The van der Waals surface area contributed by atoms with Gasteiger partial charge in [0.15, 0.2) is 0 Å². The molecule has 0 aliphatic heterocycles. The Kier molecular flexibility index (Phi) is 4.81. The summed E-state index contributed by atoms with van der Waals surface area (Å²) in [5.74, 6) is 0.443. The van der Waals surface area contributed by atoms with Crippen LogP contribution in [0.2, 0.25) is 5.02 Å². The third-order valence-electron chi connectivity index (χ3n) is 6.97. The predicted molar refractivity (Wildman–Crippen MR) is 126 cm³/mol. The highest BCUT2D eigenvalue weighted by molar-refractivity contribution is 7.17. The smallest absolute Gasteiger partial charge is 0.257 e. The molecule has 0 saturated heterocycles. The highest BCUT2D eigenvalue weighted by Gasteiger charge is 2.57. The molecule has 2 N–H and O–H groups in total. The average molecular weight is 464 g/mol. The Bertz CT molecular complexity index is 1240. The molecule has 0 spiro atoms. The summed E-state index contributed by atoms with van der Waals surface area (Å²) in [7, 11) is 0. The van der Waals surface area contributed by atoms with Gasteiger partial charge in [-0.2, -0.15) is 0 Å². The zero-order chi connectivity index (χ0) is 21.8. The van der Waals surface area contributed by atoms with Gasteiger partial charge < -0.3 is 10.6 Å². The molecule has 0 bridgehead atoms. The van der Waals surface area contributed by atoms with Gasteiger partial charge in [-0.05, 0) is 72.9 Å². The first kappa shape index (κ1) is 19.9. The minimum atomic E-state index is -0.238. The molecular formula is C25H22ClN3O2S. The third kappa shape index (κ3) is 3.24. The van der Waals surface area contributed by atoms with Crippen LogP contribution in [-0.2, 0) is 19.3 Å². The SMILES string of the molecule is O=C(Nc1sc2c(c1C(=O)NC1C3Cc4c(Cl)cccc4C31)CCCC2)c1cccnc1. The topological polar surface area (TPSA) is 71.1 Å². The van der Waals surface area contributed by atoms with Crippen molar-refractivity contribution in [1.29, 1.82) is 0 Å². The Labute approximate surface area is 195 Å². The van der Waals surface area contributed by atoms with Gasteiger partial charge in [-0.15, -0.1) is 11.3 Å². The van der Waals surface area contributed by atoms with E-state index in [1.807, 2.05) is 12.1 Å². The van der Waals surface area contributed by atoms with Gasteiger partial charge in [0.1, 0.15) is 5.00 Å². The maximum absolute atomic E-state index is 13.5. The van der Waals surface area contributed by atoms with Crippen LogP contribution in [0, 0.1) is 5.92 Å². The standard InChI is InChI=1S/C25H22ClN3O2S/c26-18-8-3-7-14-16(18)11-17-20(14)22(17)28-24(31)21-15-6-1-2-9-19(15)32-25(21)29-23(30)13-5-4-10-27-12-13/h3-5,7-8,10,12,17,20,22H,1-2,6,9,11H2,(H,28,31)(H,29,30). The molecule has 1 aromatic carbocycles. The van der Waals surface area contributed by atoms with Gasteiger partial charge in [0.2, 0.25) is 0 Å². The second-order valence-electron chi connectivity index (χ2n) is 8.81. The fourth-order valence-corrected chi connectivity index (χ4v) is 6.92. The normalized spacial score (nSPS) is 22.5. The number of thiophene rings is 1. The van der Waals surface area contributed by atoms with E-state index in [1.54, 1.807) is 29.7 Å². The fraction of sp³-hybridized carbons (Fsp3) is 0.320. The Balaban J connectivity index is 1.26. The van der Waals surface area contributed by atoms with Crippen LogP contribution in [0.3, 0.4) is 0 Å². The van der Waals surface area contributed by atoms with Crippen molar-refractivity contribution in [3.8, 4) is 0 Å². The van der Waals surface area contributed by atoms with Crippen LogP contribution in [-0.4, -0.2) is 22.8 Å². The molecular weight excluding hydrogens is 442 g/mol. The van der Waals surface area contributed by atoms with Gasteiger partial charge in [-0.25, -0.2) is 0 Å².